The van der Waals surface area contributed by atoms with Gasteiger partial charge in [-0.1, -0.05) is 43.2 Å². The minimum absolute atomic E-state index is 0.306. The molecule has 2 rings (SSSR count). The third-order valence-corrected chi connectivity index (χ3v) is 3.55. The summed E-state index contributed by atoms with van der Waals surface area (Å²) in [6, 6.07) is 8.57. The van der Waals surface area contributed by atoms with E-state index >= 15 is 0 Å². The number of amides is 2. The van der Waals surface area contributed by atoms with Crippen molar-refractivity contribution < 1.29 is 19.8 Å². The second-order valence-electron chi connectivity index (χ2n) is 5.38. The molecule has 114 valence electrons. The molecule has 1 aromatic carbocycles. The maximum Gasteiger partial charge on any atom is 0.404 e. The Morgan fingerprint density at radius 3 is 2.48 bits per heavy atom. The molecule has 0 bridgehead atoms. The zero-order chi connectivity index (χ0) is 15.2. The Balaban J connectivity index is 1.87. The van der Waals surface area contributed by atoms with E-state index in [-0.39, 0.29) is 0 Å². The summed E-state index contributed by atoms with van der Waals surface area (Å²) >= 11 is 0. The predicted molar refractivity (Wildman–Crippen MR) is 76.6 cm³/mol. The van der Waals surface area contributed by atoms with E-state index in [4.69, 9.17) is 5.11 Å². The summed E-state index contributed by atoms with van der Waals surface area (Å²) in [6.07, 6.45) is -0.0561. The highest BCUT2D eigenvalue weighted by molar-refractivity contribution is 5.82. The van der Waals surface area contributed by atoms with E-state index in [9.17, 15) is 14.7 Å². The molecule has 0 heterocycles. The first-order valence-corrected chi connectivity index (χ1v) is 7.05. The van der Waals surface area contributed by atoms with Crippen molar-refractivity contribution in [3.63, 3.8) is 0 Å². The number of nitrogens with one attached hydrogen (secondary N) is 2. The molecule has 1 aliphatic carbocycles. The molecule has 2 amide bonds. The highest BCUT2D eigenvalue weighted by Gasteiger charge is 2.33. The van der Waals surface area contributed by atoms with Crippen LogP contribution in [0.4, 0.5) is 4.79 Å². The van der Waals surface area contributed by atoms with Crippen LogP contribution in [0.5, 0.6) is 0 Å². The van der Waals surface area contributed by atoms with E-state index in [1.165, 1.54) is 0 Å². The van der Waals surface area contributed by atoms with Crippen LogP contribution >= 0.6 is 0 Å². The molecule has 1 aliphatic rings. The number of hydrogen-bond donors (Lipinski definition) is 4. The van der Waals surface area contributed by atoms with Gasteiger partial charge in [0.1, 0.15) is 0 Å². The van der Waals surface area contributed by atoms with Crippen molar-refractivity contribution in [2.24, 2.45) is 5.92 Å². The van der Waals surface area contributed by atoms with Crippen LogP contribution in [0.25, 0.3) is 0 Å². The standard InChI is InChI=1S/C15H20N2O4/c18-13(12(17-15(20)21)8-10-6-7-10)14(19)16-9-11-4-2-1-3-5-11/h1-5,10,12-13,17-18H,6-9H2,(H,16,19)(H,20,21). The summed E-state index contributed by atoms with van der Waals surface area (Å²) in [5, 5.41) is 23.7. The van der Waals surface area contributed by atoms with E-state index < -0.39 is 24.1 Å². The largest absolute Gasteiger partial charge is 0.465 e. The van der Waals surface area contributed by atoms with Gasteiger partial charge < -0.3 is 20.8 Å². The molecule has 21 heavy (non-hydrogen) atoms. The Kier molecular flexibility index (Phi) is 5.16. The van der Waals surface area contributed by atoms with Crippen LogP contribution in [0.2, 0.25) is 0 Å². The SMILES string of the molecule is O=C(O)NC(CC1CC1)C(O)C(=O)NCc1ccccc1. The van der Waals surface area contributed by atoms with Crippen LogP contribution in [0.15, 0.2) is 30.3 Å². The molecule has 0 radical (unpaired) electrons. The third kappa shape index (κ3) is 5.07. The smallest absolute Gasteiger partial charge is 0.404 e. The molecule has 6 nitrogen and oxygen atoms in total. The fourth-order valence-corrected chi connectivity index (χ4v) is 2.21. The number of hydrogen-bond acceptors (Lipinski definition) is 3. The molecule has 1 fully saturated rings. The van der Waals surface area contributed by atoms with E-state index in [1.54, 1.807) is 0 Å². The Labute approximate surface area is 123 Å². The van der Waals surface area contributed by atoms with Crippen LogP contribution in [0.1, 0.15) is 24.8 Å². The second-order valence-corrected chi connectivity index (χ2v) is 5.38. The van der Waals surface area contributed by atoms with Gasteiger partial charge in [-0.3, -0.25) is 4.79 Å². The van der Waals surface area contributed by atoms with Crippen molar-refractivity contribution in [1.82, 2.24) is 10.6 Å². The Hall–Kier alpha value is -2.08. The summed E-state index contributed by atoms with van der Waals surface area (Å²) in [5.41, 5.74) is 0.919. The molecule has 4 N–H and O–H groups in total. The first kappa shape index (κ1) is 15.3. The minimum Gasteiger partial charge on any atom is -0.465 e. The Bertz CT molecular complexity index is 488. The van der Waals surface area contributed by atoms with Crippen molar-refractivity contribution in [2.75, 3.05) is 0 Å². The minimum atomic E-state index is -1.37. The van der Waals surface area contributed by atoms with Gasteiger partial charge in [0.2, 0.25) is 0 Å². The monoisotopic (exact) mass is 292 g/mol. The highest BCUT2D eigenvalue weighted by Crippen LogP contribution is 2.34. The molecule has 1 aromatic rings. The van der Waals surface area contributed by atoms with Crippen LogP contribution in [-0.2, 0) is 11.3 Å². The molecular weight excluding hydrogens is 272 g/mol. The van der Waals surface area contributed by atoms with Gasteiger partial charge in [-0.2, -0.15) is 0 Å². The maximum atomic E-state index is 11.9. The molecule has 0 aliphatic heterocycles. The van der Waals surface area contributed by atoms with Crippen molar-refractivity contribution in [3.05, 3.63) is 35.9 Å². The Morgan fingerprint density at radius 1 is 1.24 bits per heavy atom. The molecule has 0 aromatic heterocycles. The predicted octanol–water partition coefficient (Wildman–Crippen LogP) is 1.10. The van der Waals surface area contributed by atoms with Gasteiger partial charge in [-0.25, -0.2) is 4.79 Å². The van der Waals surface area contributed by atoms with E-state index in [2.05, 4.69) is 10.6 Å². The lowest BCUT2D eigenvalue weighted by Gasteiger charge is -2.22. The zero-order valence-corrected chi connectivity index (χ0v) is 11.7. The van der Waals surface area contributed by atoms with Crippen LogP contribution in [0.3, 0.4) is 0 Å². The van der Waals surface area contributed by atoms with E-state index in [0.29, 0.717) is 18.9 Å². The van der Waals surface area contributed by atoms with Crippen LogP contribution in [-0.4, -0.2) is 34.4 Å². The van der Waals surface area contributed by atoms with Crippen molar-refractivity contribution in [3.8, 4) is 0 Å². The number of carboxylic acid groups (broad SMARTS) is 1. The number of aliphatic hydroxyl groups is 1. The third-order valence-electron chi connectivity index (χ3n) is 3.55. The lowest BCUT2D eigenvalue weighted by Crippen LogP contribution is -2.50. The lowest BCUT2D eigenvalue weighted by atomic mass is 10.0. The van der Waals surface area contributed by atoms with Crippen molar-refractivity contribution in [2.45, 2.75) is 38.0 Å². The van der Waals surface area contributed by atoms with Crippen molar-refractivity contribution in [1.29, 1.82) is 0 Å². The highest BCUT2D eigenvalue weighted by atomic mass is 16.4. The summed E-state index contributed by atoms with van der Waals surface area (Å²) in [4.78, 5) is 22.7. The number of carbonyl (C=O) groups is 2. The number of rotatable bonds is 7. The average Bonchev–Trinajstić information content (AvgIpc) is 3.28. The van der Waals surface area contributed by atoms with Gasteiger partial charge >= 0.3 is 6.09 Å². The molecule has 6 heteroatoms. The average molecular weight is 292 g/mol. The number of aliphatic hydroxyl groups excluding tert-OH is 1. The summed E-state index contributed by atoms with van der Waals surface area (Å²) in [5.74, 6) is -0.156. The van der Waals surface area contributed by atoms with Crippen LogP contribution < -0.4 is 10.6 Å². The molecule has 0 saturated heterocycles. The number of benzene rings is 1. The van der Waals surface area contributed by atoms with Crippen molar-refractivity contribution >= 4 is 12.0 Å². The first-order chi connectivity index (χ1) is 10.1. The Morgan fingerprint density at radius 2 is 1.90 bits per heavy atom. The van der Waals surface area contributed by atoms with Gasteiger partial charge in [0.15, 0.2) is 6.10 Å². The van der Waals surface area contributed by atoms with Crippen LogP contribution in [0, 0.1) is 5.92 Å². The summed E-state index contributed by atoms with van der Waals surface area (Å²) in [7, 11) is 0. The normalized spacial score (nSPS) is 16.8. The molecular formula is C15H20N2O4. The van der Waals surface area contributed by atoms with Gasteiger partial charge in [-0.05, 0) is 17.9 Å². The van der Waals surface area contributed by atoms with Gasteiger partial charge in [0, 0.05) is 6.54 Å². The summed E-state index contributed by atoms with van der Waals surface area (Å²) < 4.78 is 0. The fourth-order valence-electron chi connectivity index (χ4n) is 2.21. The molecule has 2 unspecified atom stereocenters. The van der Waals surface area contributed by atoms with Gasteiger partial charge in [0.05, 0.1) is 6.04 Å². The van der Waals surface area contributed by atoms with E-state index in [1.807, 2.05) is 30.3 Å². The van der Waals surface area contributed by atoms with E-state index in [0.717, 1.165) is 18.4 Å². The molecule has 2 atom stereocenters. The lowest BCUT2D eigenvalue weighted by molar-refractivity contribution is -0.131. The first-order valence-electron chi connectivity index (χ1n) is 7.05. The quantitative estimate of drug-likeness (QED) is 0.605. The second kappa shape index (κ2) is 7.08. The zero-order valence-electron chi connectivity index (χ0n) is 11.7. The fraction of sp³-hybridized carbons (Fsp3) is 0.467. The van der Waals surface area contributed by atoms with Gasteiger partial charge in [0.25, 0.3) is 5.91 Å². The maximum absolute atomic E-state index is 11.9. The number of carbonyl (C=O) groups excluding carboxylic acids is 1. The topological polar surface area (TPSA) is 98.7 Å². The molecule has 1 saturated carbocycles. The molecule has 0 spiro atoms. The summed E-state index contributed by atoms with van der Waals surface area (Å²) in [6.45, 7) is 0.306. The van der Waals surface area contributed by atoms with Gasteiger partial charge in [-0.15, -0.1) is 0 Å².